The second kappa shape index (κ2) is 5.31. The van der Waals surface area contributed by atoms with Crippen molar-refractivity contribution in [3.63, 3.8) is 0 Å². The molecular formula is C14H13BrN2O. The van der Waals surface area contributed by atoms with E-state index in [1.807, 2.05) is 38.1 Å². The molecular weight excluding hydrogens is 292 g/mol. The van der Waals surface area contributed by atoms with Crippen molar-refractivity contribution in [2.24, 2.45) is 0 Å². The highest BCUT2D eigenvalue weighted by atomic mass is 79.9. The van der Waals surface area contributed by atoms with E-state index in [0.29, 0.717) is 5.56 Å². The molecule has 0 unspecified atom stereocenters. The number of pyridine rings is 1. The lowest BCUT2D eigenvalue weighted by Gasteiger charge is -2.08. The zero-order chi connectivity index (χ0) is 13.1. The van der Waals surface area contributed by atoms with Crippen LogP contribution in [0.3, 0.4) is 0 Å². The van der Waals surface area contributed by atoms with Crippen LogP contribution in [0.2, 0.25) is 0 Å². The minimum absolute atomic E-state index is 0.128. The number of amides is 1. The van der Waals surface area contributed by atoms with E-state index < -0.39 is 0 Å². The minimum Gasteiger partial charge on any atom is -0.320 e. The molecule has 0 fully saturated rings. The number of nitrogens with one attached hydrogen (secondary N) is 1. The summed E-state index contributed by atoms with van der Waals surface area (Å²) in [4.78, 5) is 16.3. The summed E-state index contributed by atoms with van der Waals surface area (Å²) in [5.41, 5.74) is 3.13. The molecule has 92 valence electrons. The Labute approximate surface area is 114 Å². The third kappa shape index (κ3) is 2.96. The third-order valence-corrected chi connectivity index (χ3v) is 3.11. The van der Waals surface area contributed by atoms with Gasteiger partial charge in [-0.2, -0.15) is 0 Å². The molecule has 1 aromatic heterocycles. The van der Waals surface area contributed by atoms with Crippen LogP contribution in [0.25, 0.3) is 0 Å². The van der Waals surface area contributed by atoms with Gasteiger partial charge >= 0.3 is 0 Å². The van der Waals surface area contributed by atoms with Crippen LogP contribution in [0.15, 0.2) is 40.9 Å². The summed E-state index contributed by atoms with van der Waals surface area (Å²) in [6, 6.07) is 11.0. The molecule has 0 saturated heterocycles. The molecule has 0 saturated carbocycles. The molecule has 0 atom stereocenters. The van der Waals surface area contributed by atoms with E-state index in [-0.39, 0.29) is 5.91 Å². The first-order valence-electron chi connectivity index (χ1n) is 5.57. The quantitative estimate of drug-likeness (QED) is 0.919. The lowest BCUT2D eigenvalue weighted by molar-refractivity contribution is 0.102. The monoisotopic (exact) mass is 304 g/mol. The van der Waals surface area contributed by atoms with Crippen molar-refractivity contribution in [3.05, 3.63) is 57.8 Å². The highest BCUT2D eigenvalue weighted by Gasteiger charge is 2.07. The molecule has 0 aliphatic heterocycles. The number of anilines is 1. The van der Waals surface area contributed by atoms with Crippen molar-refractivity contribution in [3.8, 4) is 0 Å². The SMILES string of the molecule is Cc1ccc(NC(=O)c2ccc(Br)cc2)c(C)n1. The van der Waals surface area contributed by atoms with Crippen LogP contribution in [0.4, 0.5) is 5.69 Å². The highest BCUT2D eigenvalue weighted by Crippen LogP contribution is 2.15. The zero-order valence-corrected chi connectivity index (χ0v) is 11.8. The number of hydrogen-bond donors (Lipinski definition) is 1. The first-order valence-corrected chi connectivity index (χ1v) is 6.37. The molecule has 0 spiro atoms. The Balaban J connectivity index is 2.18. The first kappa shape index (κ1) is 12.8. The molecule has 0 aliphatic carbocycles. The molecule has 2 rings (SSSR count). The lowest BCUT2D eigenvalue weighted by atomic mass is 10.2. The maximum absolute atomic E-state index is 12.0. The average Bonchev–Trinajstić information content (AvgIpc) is 2.33. The van der Waals surface area contributed by atoms with Crippen LogP contribution in [0.1, 0.15) is 21.7 Å². The Morgan fingerprint density at radius 2 is 1.78 bits per heavy atom. The van der Waals surface area contributed by atoms with Crippen LogP contribution in [0.5, 0.6) is 0 Å². The van der Waals surface area contributed by atoms with E-state index in [9.17, 15) is 4.79 Å². The van der Waals surface area contributed by atoms with Gasteiger partial charge in [-0.05, 0) is 50.2 Å². The number of carbonyl (C=O) groups is 1. The maximum atomic E-state index is 12.0. The van der Waals surface area contributed by atoms with Crippen molar-refractivity contribution in [2.45, 2.75) is 13.8 Å². The molecule has 4 heteroatoms. The van der Waals surface area contributed by atoms with Gasteiger partial charge in [-0.25, -0.2) is 0 Å². The number of benzene rings is 1. The summed E-state index contributed by atoms with van der Waals surface area (Å²) < 4.78 is 0.951. The molecule has 0 bridgehead atoms. The van der Waals surface area contributed by atoms with Crippen LogP contribution in [-0.4, -0.2) is 10.9 Å². The van der Waals surface area contributed by atoms with Gasteiger partial charge in [0.15, 0.2) is 0 Å². The van der Waals surface area contributed by atoms with Gasteiger partial charge in [0.1, 0.15) is 0 Å². The number of hydrogen-bond acceptors (Lipinski definition) is 2. The van der Waals surface area contributed by atoms with Gasteiger partial charge in [0.05, 0.1) is 11.4 Å². The molecule has 1 heterocycles. The van der Waals surface area contributed by atoms with Gasteiger partial charge in [-0.3, -0.25) is 9.78 Å². The van der Waals surface area contributed by atoms with Crippen molar-refractivity contribution in [2.75, 3.05) is 5.32 Å². The fraction of sp³-hybridized carbons (Fsp3) is 0.143. The van der Waals surface area contributed by atoms with Gasteiger partial charge in [-0.1, -0.05) is 15.9 Å². The Kier molecular flexibility index (Phi) is 3.77. The van der Waals surface area contributed by atoms with Crippen molar-refractivity contribution in [1.29, 1.82) is 0 Å². The third-order valence-electron chi connectivity index (χ3n) is 2.58. The number of halogens is 1. The molecule has 1 aromatic carbocycles. The van der Waals surface area contributed by atoms with Crippen molar-refractivity contribution >= 4 is 27.5 Å². The standard InChI is InChI=1S/C14H13BrN2O/c1-9-3-8-13(10(2)16-9)17-14(18)11-4-6-12(15)7-5-11/h3-8H,1-2H3,(H,17,18). The highest BCUT2D eigenvalue weighted by molar-refractivity contribution is 9.10. The predicted octanol–water partition coefficient (Wildman–Crippen LogP) is 3.71. The zero-order valence-electron chi connectivity index (χ0n) is 10.2. The van der Waals surface area contributed by atoms with Crippen LogP contribution in [-0.2, 0) is 0 Å². The Morgan fingerprint density at radius 1 is 1.11 bits per heavy atom. The van der Waals surface area contributed by atoms with E-state index in [4.69, 9.17) is 0 Å². The van der Waals surface area contributed by atoms with Crippen LogP contribution < -0.4 is 5.32 Å². The van der Waals surface area contributed by atoms with Crippen LogP contribution in [0, 0.1) is 13.8 Å². The summed E-state index contributed by atoms with van der Waals surface area (Å²) in [5, 5.41) is 2.86. The predicted molar refractivity (Wildman–Crippen MR) is 75.8 cm³/mol. The van der Waals surface area contributed by atoms with Crippen LogP contribution >= 0.6 is 15.9 Å². The Morgan fingerprint density at radius 3 is 2.39 bits per heavy atom. The van der Waals surface area contributed by atoms with E-state index in [1.165, 1.54) is 0 Å². The summed E-state index contributed by atoms with van der Waals surface area (Å²) in [7, 11) is 0. The van der Waals surface area contributed by atoms with Gasteiger partial charge in [0, 0.05) is 15.7 Å². The topological polar surface area (TPSA) is 42.0 Å². The first-order chi connectivity index (χ1) is 8.56. The lowest BCUT2D eigenvalue weighted by Crippen LogP contribution is -2.13. The number of aryl methyl sites for hydroxylation is 2. The largest absolute Gasteiger partial charge is 0.320 e. The van der Waals surface area contributed by atoms with E-state index >= 15 is 0 Å². The fourth-order valence-electron chi connectivity index (χ4n) is 1.61. The molecule has 18 heavy (non-hydrogen) atoms. The summed E-state index contributed by atoms with van der Waals surface area (Å²) in [5.74, 6) is -0.128. The average molecular weight is 305 g/mol. The summed E-state index contributed by atoms with van der Waals surface area (Å²) in [6.45, 7) is 3.80. The Hall–Kier alpha value is -1.68. The molecule has 0 radical (unpaired) electrons. The molecule has 1 N–H and O–H groups in total. The van der Waals surface area contributed by atoms with E-state index in [2.05, 4.69) is 26.2 Å². The molecule has 0 aliphatic rings. The van der Waals surface area contributed by atoms with Gasteiger partial charge in [-0.15, -0.1) is 0 Å². The molecule has 1 amide bonds. The number of rotatable bonds is 2. The van der Waals surface area contributed by atoms with Gasteiger partial charge < -0.3 is 5.32 Å². The number of nitrogens with zero attached hydrogens (tertiary/aromatic N) is 1. The molecule has 2 aromatic rings. The second-order valence-corrected chi connectivity index (χ2v) is 4.96. The Bertz CT molecular complexity index is 579. The fourth-order valence-corrected chi connectivity index (χ4v) is 1.88. The minimum atomic E-state index is -0.128. The van der Waals surface area contributed by atoms with Crippen molar-refractivity contribution in [1.82, 2.24) is 4.98 Å². The van der Waals surface area contributed by atoms with Gasteiger partial charge in [0.2, 0.25) is 0 Å². The van der Waals surface area contributed by atoms with E-state index in [0.717, 1.165) is 21.5 Å². The maximum Gasteiger partial charge on any atom is 0.255 e. The number of aromatic nitrogens is 1. The smallest absolute Gasteiger partial charge is 0.255 e. The number of carbonyl (C=O) groups excluding carboxylic acids is 1. The van der Waals surface area contributed by atoms with E-state index in [1.54, 1.807) is 12.1 Å². The van der Waals surface area contributed by atoms with Crippen molar-refractivity contribution < 1.29 is 4.79 Å². The molecule has 3 nitrogen and oxygen atoms in total. The van der Waals surface area contributed by atoms with Gasteiger partial charge in [0.25, 0.3) is 5.91 Å². The second-order valence-electron chi connectivity index (χ2n) is 4.05. The summed E-state index contributed by atoms with van der Waals surface area (Å²) in [6.07, 6.45) is 0. The summed E-state index contributed by atoms with van der Waals surface area (Å²) >= 11 is 3.34. The normalized spacial score (nSPS) is 10.2.